The molecule has 2 heterocycles. The highest BCUT2D eigenvalue weighted by Gasteiger charge is 2.13. The molecule has 5 nitrogen and oxygen atoms in total. The Morgan fingerprint density at radius 2 is 1.57 bits per heavy atom. The molecule has 2 aliphatic heterocycles. The number of nitrogens with one attached hydrogen (secondary N) is 1. The van der Waals surface area contributed by atoms with Gasteiger partial charge in [0.2, 0.25) is 5.91 Å². The molecule has 0 saturated heterocycles. The summed E-state index contributed by atoms with van der Waals surface area (Å²) in [5, 5.41) is 10.4. The Kier molecular flexibility index (Phi) is 4.41. The van der Waals surface area contributed by atoms with Crippen molar-refractivity contribution in [1.82, 2.24) is 9.55 Å². The van der Waals surface area contributed by atoms with E-state index in [9.17, 15) is 14.7 Å². The number of carbonyl (C=O) groups is 2. The molecule has 2 aromatic carbocycles. The number of fused-ring (bicyclic) bond motifs is 2. The van der Waals surface area contributed by atoms with Crippen LogP contribution in [0.3, 0.4) is 0 Å². The van der Waals surface area contributed by atoms with Crippen LogP contribution in [0.25, 0.3) is 33.4 Å². The fraction of sp³-hybridized carbons (Fsp3) is 0.0435. The number of carbonyl (C=O) groups excluding carboxylic acids is 1. The van der Waals surface area contributed by atoms with Gasteiger partial charge >= 0.3 is 5.97 Å². The number of aromatic amines is 1. The van der Waals surface area contributed by atoms with E-state index in [2.05, 4.69) is 4.98 Å². The third-order valence-corrected chi connectivity index (χ3v) is 4.69. The Morgan fingerprint density at radius 1 is 0.857 bits per heavy atom. The maximum atomic E-state index is 12.3. The lowest BCUT2D eigenvalue weighted by atomic mass is 10.0. The fourth-order valence-electron chi connectivity index (χ4n) is 3.32. The van der Waals surface area contributed by atoms with E-state index in [-0.39, 0.29) is 11.5 Å². The predicted octanol–water partition coefficient (Wildman–Crippen LogP) is 5.22. The topological polar surface area (TPSA) is 75.1 Å². The molecule has 28 heavy (non-hydrogen) atoms. The van der Waals surface area contributed by atoms with Crippen LogP contribution in [0.15, 0.2) is 79.0 Å². The van der Waals surface area contributed by atoms with E-state index in [1.807, 2.05) is 48.5 Å². The Bertz CT molecular complexity index is 1230. The highest BCUT2D eigenvalue weighted by molar-refractivity contribution is 5.96. The van der Waals surface area contributed by atoms with Crippen LogP contribution in [0.5, 0.6) is 0 Å². The molecule has 4 rings (SSSR count). The van der Waals surface area contributed by atoms with Gasteiger partial charge in [-0.1, -0.05) is 54.6 Å². The normalized spacial score (nSPS) is 10.8. The van der Waals surface area contributed by atoms with Crippen LogP contribution in [-0.4, -0.2) is 26.5 Å². The van der Waals surface area contributed by atoms with Crippen LogP contribution in [0.1, 0.15) is 22.1 Å². The number of carboxylic acids is 1. The number of hydrogen-bond acceptors (Lipinski definition) is 2. The molecule has 0 bridgehead atoms. The molecule has 2 N–H and O–H groups in total. The van der Waals surface area contributed by atoms with Crippen molar-refractivity contribution < 1.29 is 14.7 Å². The van der Waals surface area contributed by atoms with E-state index >= 15 is 0 Å². The van der Waals surface area contributed by atoms with Crippen LogP contribution >= 0.6 is 0 Å². The Labute approximate surface area is 161 Å². The van der Waals surface area contributed by atoms with Gasteiger partial charge in [0.25, 0.3) is 0 Å². The molecule has 5 heteroatoms. The largest absolute Gasteiger partial charge is 0.478 e. The van der Waals surface area contributed by atoms with Gasteiger partial charge < -0.3 is 10.1 Å². The van der Waals surface area contributed by atoms with E-state index in [1.165, 1.54) is 6.92 Å². The average molecular weight is 370 g/mol. The third kappa shape index (κ3) is 3.14. The van der Waals surface area contributed by atoms with Crippen molar-refractivity contribution in [2.45, 2.75) is 6.92 Å². The van der Waals surface area contributed by atoms with Crippen molar-refractivity contribution in [1.29, 1.82) is 0 Å². The van der Waals surface area contributed by atoms with Gasteiger partial charge in [-0.05, 0) is 29.1 Å². The van der Waals surface area contributed by atoms with Gasteiger partial charge in [-0.2, -0.15) is 0 Å². The quantitative estimate of drug-likeness (QED) is 0.508. The first-order valence-electron chi connectivity index (χ1n) is 8.85. The molecule has 0 aromatic heterocycles. The summed E-state index contributed by atoms with van der Waals surface area (Å²) in [6.07, 6.45) is 1.76. The first kappa shape index (κ1) is 17.5. The number of pyridine rings is 1. The monoisotopic (exact) mass is 370 g/mol. The molecule has 0 spiro atoms. The standard InChI is InChI=1S/C23H18N2O3/c1-15(26)25-14-21-16(10-11-17-6-2-5-9-22(17)25)12-13-20(24-21)18-7-3-4-8-19(18)23(27)28/h2-14,24H,1H3,(H,27,28). The van der Waals surface area contributed by atoms with Crippen molar-refractivity contribution in [3.8, 4) is 22.5 Å². The summed E-state index contributed by atoms with van der Waals surface area (Å²) >= 11 is 0. The third-order valence-electron chi connectivity index (χ3n) is 4.69. The van der Waals surface area contributed by atoms with Crippen molar-refractivity contribution in [2.75, 3.05) is 0 Å². The minimum atomic E-state index is -0.987. The maximum Gasteiger partial charge on any atom is 0.336 e. The Morgan fingerprint density at radius 3 is 2.36 bits per heavy atom. The van der Waals surface area contributed by atoms with E-state index in [0.717, 1.165) is 22.2 Å². The van der Waals surface area contributed by atoms with Gasteiger partial charge in [0.1, 0.15) is 0 Å². The molecule has 0 amide bonds. The zero-order valence-corrected chi connectivity index (χ0v) is 15.2. The highest BCUT2D eigenvalue weighted by Crippen LogP contribution is 2.27. The summed E-state index contributed by atoms with van der Waals surface area (Å²) in [5.74, 6) is -1.10. The first-order chi connectivity index (χ1) is 13.5. The number of para-hydroxylation sites is 1. The zero-order valence-electron chi connectivity index (χ0n) is 15.2. The Balaban J connectivity index is 2.04. The summed E-state index contributed by atoms with van der Waals surface area (Å²) in [7, 11) is 0. The van der Waals surface area contributed by atoms with Crippen molar-refractivity contribution in [3.63, 3.8) is 0 Å². The molecular weight excluding hydrogens is 352 g/mol. The number of aromatic carboxylic acids is 1. The lowest BCUT2D eigenvalue weighted by molar-refractivity contribution is 0.0697. The second-order valence-electron chi connectivity index (χ2n) is 6.50. The number of carboxylic acid groups (broad SMARTS) is 1. The number of hydrogen-bond donors (Lipinski definition) is 2. The molecular formula is C23H18N2O3. The van der Waals surface area contributed by atoms with Gasteiger partial charge in [0.05, 0.1) is 16.8 Å². The fourth-order valence-corrected chi connectivity index (χ4v) is 3.32. The SMILES string of the molecule is CC(=O)n1cc2[nH]c(-c3ccccc3C(=O)O)ccc-2ccc2ccccc21. The van der Waals surface area contributed by atoms with Gasteiger partial charge in [-0.3, -0.25) is 9.36 Å². The van der Waals surface area contributed by atoms with Crippen molar-refractivity contribution in [2.24, 2.45) is 0 Å². The van der Waals surface area contributed by atoms with E-state index < -0.39 is 5.97 Å². The number of nitrogens with zero attached hydrogens (tertiary/aromatic N) is 1. The molecule has 0 aliphatic carbocycles. The summed E-state index contributed by atoms with van der Waals surface area (Å²) < 4.78 is 1.60. The number of H-pyrrole nitrogens is 1. The van der Waals surface area contributed by atoms with E-state index in [1.54, 1.807) is 35.0 Å². The first-order valence-corrected chi connectivity index (χ1v) is 8.85. The van der Waals surface area contributed by atoms with Gasteiger partial charge in [0, 0.05) is 24.4 Å². The molecule has 2 aromatic rings. The number of aromatic nitrogens is 2. The molecule has 2 aliphatic rings. The predicted molar refractivity (Wildman–Crippen MR) is 109 cm³/mol. The summed E-state index contributed by atoms with van der Waals surface area (Å²) in [4.78, 5) is 27.2. The smallest absolute Gasteiger partial charge is 0.336 e. The molecule has 0 atom stereocenters. The molecule has 138 valence electrons. The van der Waals surface area contributed by atoms with Crippen LogP contribution in [0.2, 0.25) is 0 Å². The lowest BCUT2D eigenvalue weighted by Crippen LogP contribution is -2.07. The van der Waals surface area contributed by atoms with Crippen LogP contribution in [0, 0.1) is 0 Å². The van der Waals surface area contributed by atoms with Crippen LogP contribution in [-0.2, 0) is 0 Å². The minimum Gasteiger partial charge on any atom is -0.478 e. The maximum absolute atomic E-state index is 12.3. The average Bonchev–Trinajstić information content (AvgIpc) is 2.69. The summed E-state index contributed by atoms with van der Waals surface area (Å²) in [5.41, 5.74) is 3.89. The lowest BCUT2D eigenvalue weighted by Gasteiger charge is -2.13. The Hall–Kier alpha value is -3.86. The molecule has 0 saturated carbocycles. The number of rotatable bonds is 2. The van der Waals surface area contributed by atoms with Crippen molar-refractivity contribution >= 4 is 22.8 Å². The summed E-state index contributed by atoms with van der Waals surface area (Å²) in [6, 6.07) is 22.2. The summed E-state index contributed by atoms with van der Waals surface area (Å²) in [6.45, 7) is 1.52. The molecule has 0 radical (unpaired) electrons. The molecule has 0 unspecified atom stereocenters. The second kappa shape index (κ2) is 7.04. The molecule has 0 fully saturated rings. The highest BCUT2D eigenvalue weighted by atomic mass is 16.4. The van der Waals surface area contributed by atoms with E-state index in [4.69, 9.17) is 0 Å². The minimum absolute atomic E-state index is 0.113. The van der Waals surface area contributed by atoms with Crippen molar-refractivity contribution in [3.05, 3.63) is 84.6 Å². The van der Waals surface area contributed by atoms with Crippen LogP contribution < -0.4 is 0 Å². The van der Waals surface area contributed by atoms with E-state index in [0.29, 0.717) is 11.3 Å². The number of benzene rings is 2. The van der Waals surface area contributed by atoms with Crippen LogP contribution in [0.4, 0.5) is 0 Å². The van der Waals surface area contributed by atoms with Gasteiger partial charge in [-0.15, -0.1) is 0 Å². The zero-order chi connectivity index (χ0) is 19.7. The second-order valence-corrected chi connectivity index (χ2v) is 6.50. The van der Waals surface area contributed by atoms with Gasteiger partial charge in [-0.25, -0.2) is 4.79 Å². The van der Waals surface area contributed by atoms with Gasteiger partial charge in [0.15, 0.2) is 0 Å².